The highest BCUT2D eigenvalue weighted by Gasteiger charge is 2.18. The summed E-state index contributed by atoms with van der Waals surface area (Å²) in [7, 11) is 1.68. The molecule has 0 saturated heterocycles. The zero-order chi connectivity index (χ0) is 19.2. The molecule has 0 aliphatic rings. The molecule has 3 rings (SSSR count). The molecule has 4 nitrogen and oxygen atoms in total. The molecule has 0 N–H and O–H groups in total. The standard InChI is InChI=1S/C22H19FN2O2/c1-24(16-18-7-3-2-4-8-18)22(27)20(25-14-6-5-9-21(25)26)15-17-10-12-19(23)13-11-17/h2-15H,16H2,1H3. The Hall–Kier alpha value is -3.47. The number of pyridine rings is 1. The minimum absolute atomic E-state index is 0.200. The number of hydrogen-bond acceptors (Lipinski definition) is 2. The molecule has 1 aromatic heterocycles. The molecule has 0 radical (unpaired) electrons. The largest absolute Gasteiger partial charge is 0.336 e. The van der Waals surface area contributed by atoms with E-state index in [1.165, 1.54) is 22.8 Å². The molecule has 3 aromatic rings. The van der Waals surface area contributed by atoms with Crippen molar-refractivity contribution in [1.29, 1.82) is 0 Å². The molecule has 0 aliphatic carbocycles. The summed E-state index contributed by atoms with van der Waals surface area (Å²) in [6.45, 7) is 0.405. The van der Waals surface area contributed by atoms with Crippen molar-refractivity contribution in [3.05, 3.63) is 106 Å². The number of aromatic nitrogens is 1. The quantitative estimate of drug-likeness (QED) is 0.650. The zero-order valence-corrected chi connectivity index (χ0v) is 14.9. The second-order valence-electron chi connectivity index (χ2n) is 6.14. The summed E-state index contributed by atoms with van der Waals surface area (Å²) >= 11 is 0. The topological polar surface area (TPSA) is 42.3 Å². The van der Waals surface area contributed by atoms with Crippen LogP contribution in [0.1, 0.15) is 11.1 Å². The number of carbonyl (C=O) groups is 1. The molecular formula is C22H19FN2O2. The van der Waals surface area contributed by atoms with Gasteiger partial charge < -0.3 is 4.90 Å². The minimum atomic E-state index is -0.363. The van der Waals surface area contributed by atoms with Gasteiger partial charge in [-0.25, -0.2) is 4.39 Å². The molecule has 0 aliphatic heterocycles. The summed E-state index contributed by atoms with van der Waals surface area (Å²) in [5.74, 6) is -0.672. The number of carbonyl (C=O) groups excluding carboxylic acids is 1. The Morgan fingerprint density at radius 2 is 1.67 bits per heavy atom. The Labute approximate surface area is 156 Å². The molecule has 0 atom stereocenters. The second-order valence-corrected chi connectivity index (χ2v) is 6.14. The van der Waals surface area contributed by atoms with E-state index in [1.54, 1.807) is 48.5 Å². The molecule has 136 valence electrons. The van der Waals surface area contributed by atoms with Crippen molar-refractivity contribution in [3.63, 3.8) is 0 Å². The summed E-state index contributed by atoms with van der Waals surface area (Å²) in [6.07, 6.45) is 3.14. The molecular weight excluding hydrogens is 343 g/mol. The highest BCUT2D eigenvalue weighted by atomic mass is 19.1. The number of likely N-dealkylation sites (N-methyl/N-ethyl adjacent to an activating group) is 1. The molecule has 0 spiro atoms. The van der Waals surface area contributed by atoms with Crippen molar-refractivity contribution in [2.75, 3.05) is 7.05 Å². The molecule has 27 heavy (non-hydrogen) atoms. The first kappa shape index (κ1) is 18.3. The van der Waals surface area contributed by atoms with Gasteiger partial charge in [-0.1, -0.05) is 48.5 Å². The van der Waals surface area contributed by atoms with Crippen LogP contribution in [-0.4, -0.2) is 22.4 Å². The molecule has 5 heteroatoms. The van der Waals surface area contributed by atoms with Gasteiger partial charge in [-0.3, -0.25) is 14.2 Å². The molecule has 2 aromatic carbocycles. The van der Waals surface area contributed by atoms with E-state index in [0.717, 1.165) is 5.56 Å². The van der Waals surface area contributed by atoms with Gasteiger partial charge in [-0.05, 0) is 35.4 Å². The molecule has 0 fully saturated rings. The van der Waals surface area contributed by atoms with Crippen molar-refractivity contribution < 1.29 is 9.18 Å². The summed E-state index contributed by atoms with van der Waals surface area (Å²) in [5, 5.41) is 0. The third-order valence-corrected chi connectivity index (χ3v) is 4.08. The van der Waals surface area contributed by atoms with Crippen molar-refractivity contribution in [3.8, 4) is 0 Å². The van der Waals surface area contributed by atoms with Crippen molar-refractivity contribution >= 4 is 17.7 Å². The van der Waals surface area contributed by atoms with Crippen LogP contribution in [-0.2, 0) is 11.3 Å². The van der Waals surface area contributed by atoms with Gasteiger partial charge in [0, 0.05) is 25.9 Å². The van der Waals surface area contributed by atoms with Crippen LogP contribution >= 0.6 is 0 Å². The fourth-order valence-corrected chi connectivity index (χ4v) is 2.70. The first-order valence-electron chi connectivity index (χ1n) is 8.49. The van der Waals surface area contributed by atoms with Crippen LogP contribution in [0, 0.1) is 5.82 Å². The van der Waals surface area contributed by atoms with Crippen LogP contribution in [0.2, 0.25) is 0 Å². The molecule has 0 bridgehead atoms. The smallest absolute Gasteiger partial charge is 0.270 e. The fraction of sp³-hybridized carbons (Fsp3) is 0.0909. The fourth-order valence-electron chi connectivity index (χ4n) is 2.70. The normalized spacial score (nSPS) is 11.3. The average Bonchev–Trinajstić information content (AvgIpc) is 2.68. The van der Waals surface area contributed by atoms with E-state index < -0.39 is 0 Å². The predicted octanol–water partition coefficient (Wildman–Crippen LogP) is 3.64. The van der Waals surface area contributed by atoms with Crippen LogP contribution in [0.15, 0.2) is 83.8 Å². The molecule has 0 unspecified atom stereocenters. The maximum Gasteiger partial charge on any atom is 0.270 e. The van der Waals surface area contributed by atoms with Crippen molar-refractivity contribution in [1.82, 2.24) is 9.47 Å². The monoisotopic (exact) mass is 362 g/mol. The van der Waals surface area contributed by atoms with Gasteiger partial charge in [-0.2, -0.15) is 0 Å². The van der Waals surface area contributed by atoms with Gasteiger partial charge in [0.25, 0.3) is 11.5 Å². The predicted molar refractivity (Wildman–Crippen MR) is 104 cm³/mol. The molecule has 1 heterocycles. The van der Waals surface area contributed by atoms with Gasteiger partial charge in [0.05, 0.1) is 0 Å². The lowest BCUT2D eigenvalue weighted by Crippen LogP contribution is -2.32. The van der Waals surface area contributed by atoms with Gasteiger partial charge in [0.2, 0.25) is 0 Å². The minimum Gasteiger partial charge on any atom is -0.336 e. The summed E-state index contributed by atoms with van der Waals surface area (Å²) in [5.41, 5.74) is 1.50. The van der Waals surface area contributed by atoms with Gasteiger partial charge >= 0.3 is 0 Å². The second kappa shape index (κ2) is 8.27. The van der Waals surface area contributed by atoms with Crippen LogP contribution in [0.25, 0.3) is 11.8 Å². The lowest BCUT2D eigenvalue weighted by atomic mass is 10.1. The summed E-state index contributed by atoms with van der Waals surface area (Å²) in [4.78, 5) is 26.9. The number of rotatable bonds is 5. The average molecular weight is 362 g/mol. The van der Waals surface area contributed by atoms with Crippen LogP contribution in [0.4, 0.5) is 4.39 Å². The Balaban J connectivity index is 1.98. The molecule has 1 amide bonds. The van der Waals surface area contributed by atoms with E-state index in [0.29, 0.717) is 12.1 Å². The Morgan fingerprint density at radius 3 is 2.33 bits per heavy atom. The maximum atomic E-state index is 13.2. The summed E-state index contributed by atoms with van der Waals surface area (Å²) < 4.78 is 14.5. The third kappa shape index (κ3) is 4.58. The Morgan fingerprint density at radius 1 is 1.00 bits per heavy atom. The van der Waals surface area contributed by atoms with Crippen molar-refractivity contribution in [2.45, 2.75) is 6.54 Å². The van der Waals surface area contributed by atoms with Crippen LogP contribution in [0.3, 0.4) is 0 Å². The maximum absolute atomic E-state index is 13.2. The van der Waals surface area contributed by atoms with Gasteiger partial charge in [0.15, 0.2) is 0 Å². The van der Waals surface area contributed by atoms with Gasteiger partial charge in [-0.15, -0.1) is 0 Å². The molecule has 0 saturated carbocycles. The van der Waals surface area contributed by atoms with E-state index >= 15 is 0 Å². The van der Waals surface area contributed by atoms with E-state index in [9.17, 15) is 14.0 Å². The van der Waals surface area contributed by atoms with E-state index in [1.807, 2.05) is 30.3 Å². The van der Waals surface area contributed by atoms with Crippen LogP contribution < -0.4 is 5.56 Å². The number of hydrogen-bond donors (Lipinski definition) is 0. The number of benzene rings is 2. The number of halogens is 1. The Bertz CT molecular complexity index is 1010. The SMILES string of the molecule is CN(Cc1ccccc1)C(=O)C(=Cc1ccc(F)cc1)n1ccccc1=O. The van der Waals surface area contributed by atoms with E-state index in [-0.39, 0.29) is 23.0 Å². The van der Waals surface area contributed by atoms with Crippen molar-refractivity contribution in [2.24, 2.45) is 0 Å². The lowest BCUT2D eigenvalue weighted by molar-refractivity contribution is -0.124. The third-order valence-electron chi connectivity index (χ3n) is 4.08. The van der Waals surface area contributed by atoms with Crippen LogP contribution in [0.5, 0.6) is 0 Å². The lowest BCUT2D eigenvalue weighted by Gasteiger charge is -2.20. The van der Waals surface area contributed by atoms with Gasteiger partial charge in [0.1, 0.15) is 11.5 Å². The van der Waals surface area contributed by atoms with E-state index in [2.05, 4.69) is 0 Å². The Kier molecular flexibility index (Phi) is 5.61. The number of amides is 1. The highest BCUT2D eigenvalue weighted by Crippen LogP contribution is 2.15. The zero-order valence-electron chi connectivity index (χ0n) is 14.9. The first-order valence-corrected chi connectivity index (χ1v) is 8.49. The summed E-state index contributed by atoms with van der Waals surface area (Å²) in [6, 6.07) is 20.0. The first-order chi connectivity index (χ1) is 13.0. The highest BCUT2D eigenvalue weighted by molar-refractivity contribution is 6.18. The number of nitrogens with zero attached hydrogens (tertiary/aromatic N) is 2. The van der Waals surface area contributed by atoms with E-state index in [4.69, 9.17) is 0 Å².